The average molecular weight is 353 g/mol. The number of carbonyl (C=O) groups is 1. The molecule has 0 saturated heterocycles. The molecule has 0 bridgehead atoms. The Morgan fingerprint density at radius 3 is 2.54 bits per heavy atom. The Morgan fingerprint density at radius 1 is 1.42 bits per heavy atom. The second kappa shape index (κ2) is 7.31. The van der Waals surface area contributed by atoms with E-state index in [1.807, 2.05) is 26.0 Å². The molecule has 0 aliphatic carbocycles. The zero-order valence-corrected chi connectivity index (χ0v) is 15.2. The van der Waals surface area contributed by atoms with Crippen molar-refractivity contribution in [1.29, 1.82) is 10.7 Å². The second-order valence-corrected chi connectivity index (χ2v) is 6.51. The van der Waals surface area contributed by atoms with E-state index in [4.69, 9.17) is 15.9 Å². The van der Waals surface area contributed by atoms with Crippen LogP contribution in [0.2, 0.25) is 0 Å². The Bertz CT molecular complexity index is 815. The normalized spacial score (nSPS) is 14.7. The molecule has 1 aliphatic rings. The number of carbonyl (C=O) groups excluding carboxylic acids is 1. The summed E-state index contributed by atoms with van der Waals surface area (Å²) in [6.45, 7) is 7.78. The number of ether oxygens (including phenoxy) is 1. The lowest BCUT2D eigenvalue weighted by Gasteiger charge is -2.31. The molecule has 1 aromatic carbocycles. The van der Waals surface area contributed by atoms with Crippen LogP contribution in [0, 0.1) is 16.7 Å². The van der Waals surface area contributed by atoms with Gasteiger partial charge in [0.2, 0.25) is 0 Å². The van der Waals surface area contributed by atoms with Crippen LogP contribution in [-0.4, -0.2) is 25.4 Å². The highest BCUT2D eigenvalue weighted by Crippen LogP contribution is 2.28. The van der Waals surface area contributed by atoms with Gasteiger partial charge in [0.15, 0.2) is 5.88 Å². The fraction of sp³-hybridized carbons (Fsp3) is 0.316. The Labute approximate surface area is 153 Å². The molecule has 2 rings (SSSR count). The van der Waals surface area contributed by atoms with Crippen LogP contribution in [0.3, 0.4) is 0 Å². The molecule has 0 radical (unpaired) electrons. The lowest BCUT2D eigenvalue weighted by atomic mass is 9.86. The highest BCUT2D eigenvalue weighted by molar-refractivity contribution is 6.25. The SMILES string of the molecule is C=C(NC1=C(C(=N)N)C(=O)N(c2ccc(C(C)(C)C#N)cc2)CC1)OC. The lowest BCUT2D eigenvalue weighted by molar-refractivity contribution is -0.115. The fourth-order valence-corrected chi connectivity index (χ4v) is 2.71. The van der Waals surface area contributed by atoms with Crippen molar-refractivity contribution >= 4 is 17.4 Å². The van der Waals surface area contributed by atoms with E-state index in [9.17, 15) is 10.1 Å². The highest BCUT2D eigenvalue weighted by atomic mass is 16.5. The van der Waals surface area contributed by atoms with Gasteiger partial charge in [-0.05, 0) is 38.1 Å². The standard InChI is InChI=1S/C19H23N5O2/c1-12(26-4)23-15-9-10-24(18(25)16(15)17(21)22)14-7-5-13(6-8-14)19(2,3)11-20/h5-8,23H,1,9-10H2,2-4H3,(H3,21,22). The highest BCUT2D eigenvalue weighted by Gasteiger charge is 2.30. The molecule has 0 unspecified atom stereocenters. The molecule has 0 fully saturated rings. The van der Waals surface area contributed by atoms with Crippen molar-refractivity contribution in [3.8, 4) is 6.07 Å². The maximum Gasteiger partial charge on any atom is 0.263 e. The summed E-state index contributed by atoms with van der Waals surface area (Å²) >= 11 is 0. The van der Waals surface area contributed by atoms with Crippen LogP contribution in [0.5, 0.6) is 0 Å². The molecule has 1 heterocycles. The van der Waals surface area contributed by atoms with Crippen LogP contribution in [0.15, 0.2) is 48.0 Å². The van der Waals surface area contributed by atoms with Crippen molar-refractivity contribution in [1.82, 2.24) is 5.32 Å². The van der Waals surface area contributed by atoms with E-state index in [0.717, 1.165) is 5.56 Å². The van der Waals surface area contributed by atoms with Gasteiger partial charge in [0, 0.05) is 24.4 Å². The van der Waals surface area contributed by atoms with Gasteiger partial charge in [0.1, 0.15) is 11.4 Å². The van der Waals surface area contributed by atoms with E-state index in [1.165, 1.54) is 7.11 Å². The van der Waals surface area contributed by atoms with Gasteiger partial charge in [-0.1, -0.05) is 12.1 Å². The molecule has 7 heteroatoms. The smallest absolute Gasteiger partial charge is 0.263 e. The van der Waals surface area contributed by atoms with Gasteiger partial charge in [0.05, 0.1) is 18.6 Å². The molecule has 0 aromatic heterocycles. The molecule has 0 atom stereocenters. The molecular weight excluding hydrogens is 330 g/mol. The molecule has 1 aliphatic heterocycles. The predicted octanol–water partition coefficient (Wildman–Crippen LogP) is 2.12. The Kier molecular flexibility index (Phi) is 5.36. The van der Waals surface area contributed by atoms with Gasteiger partial charge < -0.3 is 20.7 Å². The van der Waals surface area contributed by atoms with Crippen molar-refractivity contribution in [3.05, 3.63) is 53.6 Å². The summed E-state index contributed by atoms with van der Waals surface area (Å²) in [4.78, 5) is 14.4. The predicted molar refractivity (Wildman–Crippen MR) is 100 cm³/mol. The maximum absolute atomic E-state index is 12.9. The summed E-state index contributed by atoms with van der Waals surface area (Å²) in [5.74, 6) is -0.390. The van der Waals surface area contributed by atoms with E-state index in [1.54, 1.807) is 17.0 Å². The summed E-state index contributed by atoms with van der Waals surface area (Å²) in [6, 6.07) is 9.53. The van der Waals surface area contributed by atoms with Gasteiger partial charge in [0.25, 0.3) is 5.91 Å². The second-order valence-electron chi connectivity index (χ2n) is 6.51. The Balaban J connectivity index is 2.34. The summed E-state index contributed by atoms with van der Waals surface area (Å²) in [7, 11) is 1.46. The molecule has 1 aromatic rings. The van der Waals surface area contributed by atoms with Crippen molar-refractivity contribution in [3.63, 3.8) is 0 Å². The number of nitrogens with one attached hydrogen (secondary N) is 2. The quantitative estimate of drug-likeness (QED) is 0.412. The summed E-state index contributed by atoms with van der Waals surface area (Å²) in [6.07, 6.45) is 0.481. The molecule has 0 spiro atoms. The minimum Gasteiger partial charge on any atom is -0.483 e. The first-order chi connectivity index (χ1) is 12.2. The maximum atomic E-state index is 12.9. The third-order valence-corrected chi connectivity index (χ3v) is 4.33. The Morgan fingerprint density at radius 2 is 2.04 bits per heavy atom. The van der Waals surface area contributed by atoms with E-state index < -0.39 is 5.41 Å². The van der Waals surface area contributed by atoms with Crippen LogP contribution in [-0.2, 0) is 14.9 Å². The van der Waals surface area contributed by atoms with Crippen molar-refractivity contribution < 1.29 is 9.53 Å². The lowest BCUT2D eigenvalue weighted by Crippen LogP contribution is -2.43. The van der Waals surface area contributed by atoms with E-state index in [2.05, 4.69) is 18.0 Å². The van der Waals surface area contributed by atoms with Crippen LogP contribution in [0.25, 0.3) is 0 Å². The number of benzene rings is 1. The van der Waals surface area contributed by atoms with Crippen LogP contribution >= 0.6 is 0 Å². The molecule has 136 valence electrons. The summed E-state index contributed by atoms with van der Waals surface area (Å²) in [5, 5.41) is 19.9. The number of anilines is 1. The molecule has 1 amide bonds. The molecule has 4 N–H and O–H groups in total. The number of hydrogen-bond acceptors (Lipinski definition) is 5. The van der Waals surface area contributed by atoms with Crippen LogP contribution in [0.1, 0.15) is 25.8 Å². The first-order valence-electron chi connectivity index (χ1n) is 8.12. The van der Waals surface area contributed by atoms with Crippen molar-refractivity contribution in [2.24, 2.45) is 5.73 Å². The van der Waals surface area contributed by atoms with E-state index in [-0.39, 0.29) is 23.2 Å². The monoisotopic (exact) mass is 353 g/mol. The largest absolute Gasteiger partial charge is 0.483 e. The van der Waals surface area contributed by atoms with Gasteiger partial charge >= 0.3 is 0 Å². The molecule has 26 heavy (non-hydrogen) atoms. The number of hydrogen-bond donors (Lipinski definition) is 3. The number of nitrogens with two attached hydrogens (primary N) is 1. The zero-order valence-electron chi connectivity index (χ0n) is 15.2. The van der Waals surface area contributed by atoms with Gasteiger partial charge in [-0.2, -0.15) is 5.26 Å². The number of nitrogens with zero attached hydrogens (tertiary/aromatic N) is 2. The van der Waals surface area contributed by atoms with Crippen LogP contribution < -0.4 is 16.0 Å². The zero-order chi connectivity index (χ0) is 19.5. The molecule has 7 nitrogen and oxygen atoms in total. The van der Waals surface area contributed by atoms with Crippen molar-refractivity contribution in [2.45, 2.75) is 25.7 Å². The number of rotatable bonds is 6. The van der Waals surface area contributed by atoms with E-state index >= 15 is 0 Å². The minimum absolute atomic E-state index is 0.107. The molecular formula is C19H23N5O2. The van der Waals surface area contributed by atoms with Gasteiger partial charge in [-0.15, -0.1) is 0 Å². The first-order valence-corrected chi connectivity index (χ1v) is 8.12. The molecule has 0 saturated carbocycles. The number of nitriles is 1. The Hall–Kier alpha value is -3.27. The average Bonchev–Trinajstić information content (AvgIpc) is 2.61. The third kappa shape index (κ3) is 3.70. The first kappa shape index (κ1) is 19.1. The number of amidine groups is 1. The topological polar surface area (TPSA) is 115 Å². The van der Waals surface area contributed by atoms with Gasteiger partial charge in [-0.25, -0.2) is 0 Å². The van der Waals surface area contributed by atoms with Crippen LogP contribution in [0.4, 0.5) is 5.69 Å². The van der Waals surface area contributed by atoms with Gasteiger partial charge in [-0.3, -0.25) is 10.2 Å². The van der Waals surface area contributed by atoms with Crippen molar-refractivity contribution in [2.75, 3.05) is 18.6 Å². The third-order valence-electron chi connectivity index (χ3n) is 4.33. The fourth-order valence-electron chi connectivity index (χ4n) is 2.71. The minimum atomic E-state index is -0.605. The number of methoxy groups -OCH3 is 1. The summed E-state index contributed by atoms with van der Waals surface area (Å²) < 4.78 is 4.98. The van der Waals surface area contributed by atoms with E-state index in [0.29, 0.717) is 24.4 Å². The number of amides is 1. The summed E-state index contributed by atoms with van der Waals surface area (Å²) in [5.41, 5.74) is 7.22.